The Morgan fingerprint density at radius 3 is 2.90 bits per heavy atom. The Morgan fingerprint density at radius 1 is 1.48 bits per heavy atom. The van der Waals surface area contributed by atoms with E-state index in [1.54, 1.807) is 17.8 Å². The lowest BCUT2D eigenvalue weighted by molar-refractivity contribution is 0.0522. The fourth-order valence-corrected chi connectivity index (χ4v) is 2.37. The molecule has 0 aliphatic carbocycles. The summed E-state index contributed by atoms with van der Waals surface area (Å²) in [5.74, 6) is -0.0568. The van der Waals surface area contributed by atoms with Crippen LogP contribution in [0.2, 0.25) is 0 Å². The summed E-state index contributed by atoms with van der Waals surface area (Å²) in [6.07, 6.45) is 4.55. The molecule has 0 amide bonds. The van der Waals surface area contributed by atoms with Crippen LogP contribution in [-0.4, -0.2) is 28.7 Å². The van der Waals surface area contributed by atoms with Gasteiger partial charge in [0.2, 0.25) is 0 Å². The first-order valence-electron chi connectivity index (χ1n) is 7.19. The van der Waals surface area contributed by atoms with Gasteiger partial charge in [0.05, 0.1) is 19.5 Å². The lowest BCUT2D eigenvalue weighted by Crippen LogP contribution is -2.34. The summed E-state index contributed by atoms with van der Waals surface area (Å²) in [5, 5.41) is 0. The fourth-order valence-electron chi connectivity index (χ4n) is 2.37. The zero-order valence-electron chi connectivity index (χ0n) is 12.6. The van der Waals surface area contributed by atoms with Crippen molar-refractivity contribution < 1.29 is 14.3 Å². The van der Waals surface area contributed by atoms with Gasteiger partial charge in [0.25, 0.3) is 5.56 Å². The van der Waals surface area contributed by atoms with Gasteiger partial charge in [-0.05, 0) is 33.6 Å². The molecular weight excluding hydrogens is 272 g/mol. The maximum atomic E-state index is 12.5. The third-order valence-electron chi connectivity index (χ3n) is 3.44. The van der Waals surface area contributed by atoms with Crippen LogP contribution in [0.15, 0.2) is 17.3 Å². The summed E-state index contributed by atoms with van der Waals surface area (Å²) >= 11 is 0. The molecule has 1 aromatic rings. The maximum Gasteiger partial charge on any atom is 0.345 e. The van der Waals surface area contributed by atoms with Gasteiger partial charge >= 0.3 is 5.97 Å². The normalized spacial score (nSPS) is 19.2. The second-order valence-corrected chi connectivity index (χ2v) is 4.88. The quantitative estimate of drug-likeness (QED) is 0.628. The van der Waals surface area contributed by atoms with Gasteiger partial charge in [0.15, 0.2) is 0 Å². The Kier molecular flexibility index (Phi) is 4.77. The van der Waals surface area contributed by atoms with Crippen LogP contribution in [0.3, 0.4) is 0 Å². The molecular formula is C15H20N2O4. The molecule has 1 aromatic heterocycles. The van der Waals surface area contributed by atoms with Crippen LogP contribution >= 0.6 is 0 Å². The second-order valence-electron chi connectivity index (χ2n) is 4.88. The number of allylic oxidation sites excluding steroid dienone is 1. The van der Waals surface area contributed by atoms with Crippen molar-refractivity contribution in [1.82, 2.24) is 9.55 Å². The molecule has 2 heterocycles. The topological polar surface area (TPSA) is 70.4 Å². The summed E-state index contributed by atoms with van der Waals surface area (Å²) in [5.41, 5.74) is 0.501. The first-order chi connectivity index (χ1) is 10.1. The Bertz CT molecular complexity index is 619. The van der Waals surface area contributed by atoms with E-state index in [2.05, 4.69) is 4.98 Å². The van der Waals surface area contributed by atoms with Crippen molar-refractivity contribution in [3.05, 3.63) is 34.2 Å². The van der Waals surface area contributed by atoms with Gasteiger partial charge in [-0.15, -0.1) is 0 Å². The molecule has 1 aliphatic rings. The molecule has 0 aromatic carbocycles. The predicted octanol–water partition coefficient (Wildman–Crippen LogP) is 2.15. The van der Waals surface area contributed by atoms with Gasteiger partial charge in [0.1, 0.15) is 11.4 Å². The standard InChI is InChI=1S/C15H20N2O4/c1-4-20-9-11-7-6-10(3)17-13(11)16-8-12(14(17)18)15(19)21-5-2/h8-10H,4-7H2,1-3H3/b11-9+. The molecule has 6 nitrogen and oxygen atoms in total. The van der Waals surface area contributed by atoms with E-state index in [0.717, 1.165) is 18.4 Å². The average Bonchev–Trinajstić information content (AvgIpc) is 2.47. The Labute approximate surface area is 123 Å². The van der Waals surface area contributed by atoms with Crippen molar-refractivity contribution >= 4 is 11.5 Å². The Hall–Kier alpha value is -2.11. The van der Waals surface area contributed by atoms with Gasteiger partial charge in [-0.1, -0.05) is 0 Å². The number of hydrogen-bond donors (Lipinski definition) is 0. The minimum absolute atomic E-state index is 0.00634. The molecule has 0 bridgehead atoms. The highest BCUT2D eigenvalue weighted by atomic mass is 16.5. The molecule has 1 atom stereocenters. The van der Waals surface area contributed by atoms with Gasteiger partial charge in [0, 0.05) is 17.8 Å². The highest BCUT2D eigenvalue weighted by Gasteiger charge is 2.26. The first-order valence-corrected chi connectivity index (χ1v) is 7.19. The number of ether oxygens (including phenoxy) is 2. The molecule has 0 radical (unpaired) electrons. The Morgan fingerprint density at radius 2 is 2.24 bits per heavy atom. The number of carbonyl (C=O) groups is 1. The summed E-state index contributed by atoms with van der Waals surface area (Å²) in [6.45, 7) is 6.33. The molecule has 0 N–H and O–H groups in total. The Balaban J connectivity index is 2.51. The van der Waals surface area contributed by atoms with Crippen LogP contribution in [0, 0.1) is 0 Å². The van der Waals surface area contributed by atoms with Crippen LogP contribution in [-0.2, 0) is 9.47 Å². The zero-order valence-corrected chi connectivity index (χ0v) is 12.6. The zero-order chi connectivity index (χ0) is 15.4. The van der Waals surface area contributed by atoms with Crippen molar-refractivity contribution in [2.24, 2.45) is 0 Å². The highest BCUT2D eigenvalue weighted by Crippen LogP contribution is 2.29. The molecule has 0 saturated heterocycles. The van der Waals surface area contributed by atoms with Crippen molar-refractivity contribution in [3.8, 4) is 0 Å². The van der Waals surface area contributed by atoms with Crippen molar-refractivity contribution in [1.29, 1.82) is 0 Å². The largest absolute Gasteiger partial charge is 0.501 e. The van der Waals surface area contributed by atoms with Crippen LogP contribution in [0.5, 0.6) is 0 Å². The molecule has 0 saturated carbocycles. The van der Waals surface area contributed by atoms with Crippen LogP contribution in [0.1, 0.15) is 55.8 Å². The van der Waals surface area contributed by atoms with E-state index in [1.165, 1.54) is 6.20 Å². The van der Waals surface area contributed by atoms with E-state index in [9.17, 15) is 9.59 Å². The van der Waals surface area contributed by atoms with Crippen LogP contribution in [0.25, 0.3) is 5.57 Å². The van der Waals surface area contributed by atoms with Gasteiger partial charge in [-0.3, -0.25) is 9.36 Å². The monoisotopic (exact) mass is 292 g/mol. The molecule has 1 aliphatic heterocycles. The van der Waals surface area contributed by atoms with E-state index >= 15 is 0 Å². The van der Waals surface area contributed by atoms with Crippen molar-refractivity contribution in [2.75, 3.05) is 13.2 Å². The molecule has 21 heavy (non-hydrogen) atoms. The minimum Gasteiger partial charge on any atom is -0.501 e. The van der Waals surface area contributed by atoms with E-state index < -0.39 is 5.97 Å². The minimum atomic E-state index is -0.626. The van der Waals surface area contributed by atoms with E-state index in [1.807, 2.05) is 13.8 Å². The fraction of sp³-hybridized carbons (Fsp3) is 0.533. The van der Waals surface area contributed by atoms with Crippen LogP contribution in [0.4, 0.5) is 0 Å². The summed E-state index contributed by atoms with van der Waals surface area (Å²) in [7, 11) is 0. The number of hydrogen-bond acceptors (Lipinski definition) is 5. The number of nitrogens with zero attached hydrogens (tertiary/aromatic N) is 2. The summed E-state index contributed by atoms with van der Waals surface area (Å²) in [6, 6.07) is -0.00634. The molecule has 6 heteroatoms. The summed E-state index contributed by atoms with van der Waals surface area (Å²) in [4.78, 5) is 28.6. The van der Waals surface area contributed by atoms with E-state index in [4.69, 9.17) is 9.47 Å². The van der Waals surface area contributed by atoms with Gasteiger partial charge < -0.3 is 9.47 Å². The van der Waals surface area contributed by atoms with E-state index in [-0.39, 0.29) is 23.8 Å². The number of esters is 1. The van der Waals surface area contributed by atoms with E-state index in [0.29, 0.717) is 12.4 Å². The smallest absolute Gasteiger partial charge is 0.345 e. The molecule has 114 valence electrons. The highest BCUT2D eigenvalue weighted by molar-refractivity contribution is 5.88. The van der Waals surface area contributed by atoms with Crippen molar-refractivity contribution in [2.45, 2.75) is 39.7 Å². The molecule has 2 rings (SSSR count). The SMILES string of the molecule is CCO/C=C1\CCC(C)n2c1ncc(C(=O)OCC)c2=O. The van der Waals surface area contributed by atoms with Crippen molar-refractivity contribution in [3.63, 3.8) is 0 Å². The van der Waals surface area contributed by atoms with Crippen LogP contribution < -0.4 is 5.56 Å². The average molecular weight is 292 g/mol. The maximum absolute atomic E-state index is 12.5. The van der Waals surface area contributed by atoms with Gasteiger partial charge in [-0.2, -0.15) is 0 Å². The molecule has 1 unspecified atom stereocenters. The number of aromatic nitrogens is 2. The lowest BCUT2D eigenvalue weighted by Gasteiger charge is -2.26. The molecule has 0 fully saturated rings. The lowest BCUT2D eigenvalue weighted by atomic mass is 10.0. The second kappa shape index (κ2) is 6.56. The van der Waals surface area contributed by atoms with Gasteiger partial charge in [-0.25, -0.2) is 9.78 Å². The predicted molar refractivity (Wildman–Crippen MR) is 78.0 cm³/mol. The summed E-state index contributed by atoms with van der Waals surface area (Å²) < 4.78 is 11.8. The number of rotatable bonds is 4. The first kappa shape index (κ1) is 15.3. The number of carbonyl (C=O) groups excluding carboxylic acids is 1. The number of fused-ring (bicyclic) bond motifs is 1. The molecule has 0 spiro atoms. The third kappa shape index (κ3) is 2.99. The third-order valence-corrected chi connectivity index (χ3v) is 3.44.